The molecule has 0 unspecified atom stereocenters. The molecule has 5 heteroatoms. The van der Waals surface area contributed by atoms with E-state index in [1.165, 1.54) is 0 Å². The minimum absolute atomic E-state index is 0.118. The number of ether oxygens (including phenoxy) is 1. The molecule has 1 amide bonds. The van der Waals surface area contributed by atoms with Gasteiger partial charge in [-0.15, -0.1) is 0 Å². The smallest absolute Gasteiger partial charge is 0.306 e. The van der Waals surface area contributed by atoms with Gasteiger partial charge in [0.05, 0.1) is 6.42 Å². The highest BCUT2D eigenvalue weighted by molar-refractivity contribution is 5.81. The quantitative estimate of drug-likeness (QED) is 0.496. The Morgan fingerprint density at radius 3 is 2.26 bits per heavy atom. The van der Waals surface area contributed by atoms with Crippen LogP contribution in [0.25, 0.3) is 0 Å². The van der Waals surface area contributed by atoms with Gasteiger partial charge >= 0.3 is 5.97 Å². The molecule has 112 valence electrons. The highest BCUT2D eigenvalue weighted by Gasteiger charge is 2.16. The number of aliphatic hydroxyl groups is 1. The Bertz CT molecular complexity index is 271. The van der Waals surface area contributed by atoms with Crippen LogP contribution < -0.4 is 5.32 Å². The maximum Gasteiger partial charge on any atom is 0.306 e. The van der Waals surface area contributed by atoms with E-state index in [1.807, 2.05) is 0 Å². The van der Waals surface area contributed by atoms with E-state index in [1.54, 1.807) is 20.8 Å². The number of amides is 1. The van der Waals surface area contributed by atoms with E-state index in [-0.39, 0.29) is 31.3 Å². The van der Waals surface area contributed by atoms with Gasteiger partial charge in [-0.25, -0.2) is 0 Å². The number of esters is 1. The van der Waals surface area contributed by atoms with Crippen LogP contribution in [0.15, 0.2) is 0 Å². The van der Waals surface area contributed by atoms with Crippen LogP contribution in [0, 0.1) is 0 Å². The molecule has 0 aromatic rings. The molecule has 0 saturated carbocycles. The Morgan fingerprint density at radius 2 is 1.68 bits per heavy atom. The van der Waals surface area contributed by atoms with Crippen molar-refractivity contribution in [2.24, 2.45) is 0 Å². The van der Waals surface area contributed by atoms with Crippen molar-refractivity contribution in [1.29, 1.82) is 0 Å². The normalized spacial score (nSPS) is 11.2. The molecule has 0 aliphatic carbocycles. The van der Waals surface area contributed by atoms with E-state index >= 15 is 0 Å². The molecular formula is C14H27NO4. The third-order valence-corrected chi connectivity index (χ3v) is 2.38. The van der Waals surface area contributed by atoms with Gasteiger partial charge in [-0.3, -0.25) is 9.59 Å². The Labute approximate surface area is 115 Å². The lowest BCUT2D eigenvalue weighted by atomic mass is 10.2. The molecular weight excluding hydrogens is 246 g/mol. The first-order chi connectivity index (χ1) is 8.85. The van der Waals surface area contributed by atoms with Gasteiger partial charge in [-0.2, -0.15) is 0 Å². The van der Waals surface area contributed by atoms with Gasteiger partial charge in [0.25, 0.3) is 0 Å². The second kappa shape index (κ2) is 9.78. The molecule has 5 nitrogen and oxygen atoms in total. The zero-order valence-electron chi connectivity index (χ0n) is 12.3. The highest BCUT2D eigenvalue weighted by Crippen LogP contribution is 2.09. The number of carbonyl (C=O) groups is 2. The zero-order valence-corrected chi connectivity index (χ0v) is 12.3. The van der Waals surface area contributed by atoms with Crippen LogP contribution in [0.4, 0.5) is 0 Å². The number of aliphatic hydroxyl groups excluding tert-OH is 1. The van der Waals surface area contributed by atoms with Crippen molar-refractivity contribution in [3.05, 3.63) is 0 Å². The van der Waals surface area contributed by atoms with E-state index in [0.717, 1.165) is 25.7 Å². The number of nitrogens with one attached hydrogen (secondary N) is 1. The van der Waals surface area contributed by atoms with Crippen LogP contribution in [-0.4, -0.2) is 35.7 Å². The lowest BCUT2D eigenvalue weighted by molar-refractivity contribution is -0.155. The molecule has 2 N–H and O–H groups in total. The van der Waals surface area contributed by atoms with E-state index in [9.17, 15) is 9.59 Å². The van der Waals surface area contributed by atoms with Crippen molar-refractivity contribution in [3.63, 3.8) is 0 Å². The van der Waals surface area contributed by atoms with Crippen LogP contribution >= 0.6 is 0 Å². The van der Waals surface area contributed by atoms with E-state index in [0.29, 0.717) is 6.54 Å². The molecule has 0 heterocycles. The topological polar surface area (TPSA) is 75.6 Å². The van der Waals surface area contributed by atoms with Crippen LogP contribution in [-0.2, 0) is 14.3 Å². The number of rotatable bonds is 9. The monoisotopic (exact) mass is 273 g/mol. The van der Waals surface area contributed by atoms with Crippen molar-refractivity contribution < 1.29 is 19.4 Å². The SMILES string of the molecule is CC(C)(C)OC(=O)CCC(=O)NCCCCCCO. The lowest BCUT2D eigenvalue weighted by Gasteiger charge is -2.19. The van der Waals surface area contributed by atoms with Gasteiger partial charge in [0.2, 0.25) is 5.91 Å². The Morgan fingerprint density at radius 1 is 1.05 bits per heavy atom. The summed E-state index contributed by atoms with van der Waals surface area (Å²) in [5.74, 6) is -0.460. The first kappa shape index (κ1) is 17.9. The summed E-state index contributed by atoms with van der Waals surface area (Å²) in [6.07, 6.45) is 3.97. The molecule has 0 atom stereocenters. The molecule has 0 aliphatic heterocycles. The predicted octanol–water partition coefficient (Wildman–Crippen LogP) is 1.78. The fraction of sp³-hybridized carbons (Fsp3) is 0.857. The first-order valence-electron chi connectivity index (χ1n) is 6.94. The Hall–Kier alpha value is -1.10. The third kappa shape index (κ3) is 13.1. The standard InChI is InChI=1S/C14H27NO4/c1-14(2,3)19-13(18)9-8-12(17)15-10-6-4-5-7-11-16/h16H,4-11H2,1-3H3,(H,15,17). The molecule has 0 aliphatic rings. The minimum Gasteiger partial charge on any atom is -0.460 e. The summed E-state index contributed by atoms with van der Waals surface area (Å²) in [6.45, 7) is 6.26. The van der Waals surface area contributed by atoms with Crippen molar-refractivity contribution in [2.75, 3.05) is 13.2 Å². The molecule has 0 spiro atoms. The van der Waals surface area contributed by atoms with E-state index < -0.39 is 5.60 Å². The Balaban J connectivity index is 3.52. The Kier molecular flexibility index (Phi) is 9.21. The summed E-state index contributed by atoms with van der Waals surface area (Å²) in [5, 5.41) is 11.4. The van der Waals surface area contributed by atoms with Crippen LogP contribution in [0.5, 0.6) is 0 Å². The largest absolute Gasteiger partial charge is 0.460 e. The predicted molar refractivity (Wildman–Crippen MR) is 73.6 cm³/mol. The molecule has 0 bridgehead atoms. The second-order valence-corrected chi connectivity index (χ2v) is 5.57. The minimum atomic E-state index is -0.500. The first-order valence-corrected chi connectivity index (χ1v) is 6.94. The van der Waals surface area contributed by atoms with Crippen molar-refractivity contribution >= 4 is 11.9 Å². The average Bonchev–Trinajstić information content (AvgIpc) is 2.29. The summed E-state index contributed by atoms with van der Waals surface area (Å²) in [4.78, 5) is 22.8. The number of carbonyl (C=O) groups excluding carboxylic acids is 2. The van der Waals surface area contributed by atoms with Gasteiger partial charge < -0.3 is 15.2 Å². The number of hydrogen-bond acceptors (Lipinski definition) is 4. The van der Waals surface area contributed by atoms with Gasteiger partial charge in [-0.1, -0.05) is 12.8 Å². The van der Waals surface area contributed by atoms with Crippen LogP contribution in [0.2, 0.25) is 0 Å². The summed E-state index contributed by atoms with van der Waals surface area (Å²) < 4.78 is 5.12. The van der Waals surface area contributed by atoms with Crippen molar-refractivity contribution in [2.45, 2.75) is 64.9 Å². The summed E-state index contributed by atoms with van der Waals surface area (Å²) in [5.41, 5.74) is -0.500. The average molecular weight is 273 g/mol. The van der Waals surface area contributed by atoms with E-state index in [4.69, 9.17) is 9.84 Å². The fourth-order valence-electron chi connectivity index (χ4n) is 1.51. The maximum atomic E-state index is 11.4. The third-order valence-electron chi connectivity index (χ3n) is 2.38. The molecule has 0 radical (unpaired) electrons. The summed E-state index contributed by atoms with van der Waals surface area (Å²) in [6, 6.07) is 0. The second-order valence-electron chi connectivity index (χ2n) is 5.57. The fourth-order valence-corrected chi connectivity index (χ4v) is 1.51. The van der Waals surface area contributed by atoms with Crippen molar-refractivity contribution in [1.82, 2.24) is 5.32 Å². The summed E-state index contributed by atoms with van der Waals surface area (Å²) >= 11 is 0. The van der Waals surface area contributed by atoms with E-state index in [2.05, 4.69) is 5.32 Å². The lowest BCUT2D eigenvalue weighted by Crippen LogP contribution is -2.27. The molecule has 0 aromatic carbocycles. The zero-order chi connectivity index (χ0) is 14.7. The van der Waals surface area contributed by atoms with Gasteiger partial charge in [-0.05, 0) is 33.6 Å². The molecule has 0 fully saturated rings. The molecule has 0 aromatic heterocycles. The summed E-state index contributed by atoms with van der Waals surface area (Å²) in [7, 11) is 0. The molecule has 19 heavy (non-hydrogen) atoms. The highest BCUT2D eigenvalue weighted by atomic mass is 16.6. The van der Waals surface area contributed by atoms with Gasteiger partial charge in [0, 0.05) is 19.6 Å². The van der Waals surface area contributed by atoms with Crippen molar-refractivity contribution in [3.8, 4) is 0 Å². The molecule has 0 rings (SSSR count). The van der Waals surface area contributed by atoms with Crippen LogP contribution in [0.1, 0.15) is 59.3 Å². The van der Waals surface area contributed by atoms with Gasteiger partial charge in [0.15, 0.2) is 0 Å². The number of unbranched alkanes of at least 4 members (excludes halogenated alkanes) is 3. The maximum absolute atomic E-state index is 11.4. The molecule has 0 saturated heterocycles. The number of hydrogen-bond donors (Lipinski definition) is 2. The van der Waals surface area contributed by atoms with Gasteiger partial charge in [0.1, 0.15) is 5.60 Å². The van der Waals surface area contributed by atoms with Crippen LogP contribution in [0.3, 0.4) is 0 Å².